The van der Waals surface area contributed by atoms with Gasteiger partial charge >= 0.3 is 0 Å². The third-order valence-electron chi connectivity index (χ3n) is 2.28. The van der Waals surface area contributed by atoms with Gasteiger partial charge in [-0.2, -0.15) is 0 Å². The summed E-state index contributed by atoms with van der Waals surface area (Å²) in [7, 11) is -3.50. The molecule has 20 heavy (non-hydrogen) atoms. The molecule has 0 aliphatic carbocycles. The number of carbonyl (C=O) groups excluding carboxylic acids is 1. The Morgan fingerprint density at radius 2 is 2.20 bits per heavy atom. The van der Waals surface area contributed by atoms with E-state index in [1.807, 2.05) is 0 Å². The van der Waals surface area contributed by atoms with E-state index in [2.05, 4.69) is 22.1 Å². The molecule has 0 unspecified atom stereocenters. The third kappa shape index (κ3) is 5.79. The van der Waals surface area contributed by atoms with Gasteiger partial charge in [-0.25, -0.2) is 13.6 Å². The molecule has 0 radical (unpaired) electrons. The van der Waals surface area contributed by atoms with E-state index < -0.39 is 10.0 Å². The molecule has 1 amide bonds. The van der Waals surface area contributed by atoms with Gasteiger partial charge in [0, 0.05) is 18.9 Å². The van der Waals surface area contributed by atoms with Crippen LogP contribution in [0.5, 0.6) is 0 Å². The maximum absolute atomic E-state index is 11.9. The highest BCUT2D eigenvalue weighted by Gasteiger charge is 2.10. The van der Waals surface area contributed by atoms with Crippen LogP contribution in [0.4, 0.5) is 0 Å². The standard InChI is InChI=1S/C12H16N4O3S/c13-5-1-3-10-9-15-7-4-11(10)12(17)16-6-2-8-20(14,18)19/h4,7,9H,2,5-6,8,13H2,(H,16,17)(H2,14,18,19). The number of amides is 1. The Balaban J connectivity index is 2.64. The van der Waals surface area contributed by atoms with Gasteiger partial charge < -0.3 is 11.1 Å². The molecule has 0 saturated heterocycles. The first-order valence-electron chi connectivity index (χ1n) is 5.85. The molecule has 0 spiro atoms. The number of pyridine rings is 1. The van der Waals surface area contributed by atoms with Crippen LogP contribution in [0.2, 0.25) is 0 Å². The summed E-state index contributed by atoms with van der Waals surface area (Å²) < 4.78 is 21.5. The van der Waals surface area contributed by atoms with Crippen LogP contribution >= 0.6 is 0 Å². The van der Waals surface area contributed by atoms with Gasteiger partial charge in [0.25, 0.3) is 5.91 Å². The number of nitrogens with zero attached hydrogens (tertiary/aromatic N) is 1. The molecule has 1 rings (SSSR count). The van der Waals surface area contributed by atoms with E-state index in [0.717, 1.165) is 0 Å². The first kappa shape index (κ1) is 16.1. The lowest BCUT2D eigenvalue weighted by Gasteiger charge is -2.06. The van der Waals surface area contributed by atoms with Crippen LogP contribution in [0.1, 0.15) is 22.3 Å². The van der Waals surface area contributed by atoms with Crippen LogP contribution in [0.25, 0.3) is 0 Å². The smallest absolute Gasteiger partial charge is 0.252 e. The predicted octanol–water partition coefficient (Wildman–Crippen LogP) is -1.20. The molecular formula is C12H16N4O3S. The minimum Gasteiger partial charge on any atom is -0.352 e. The van der Waals surface area contributed by atoms with Crippen LogP contribution in [0.15, 0.2) is 18.5 Å². The summed E-state index contributed by atoms with van der Waals surface area (Å²) in [4.78, 5) is 15.8. The van der Waals surface area contributed by atoms with E-state index in [4.69, 9.17) is 10.9 Å². The van der Waals surface area contributed by atoms with Crippen molar-refractivity contribution >= 4 is 15.9 Å². The second-order valence-electron chi connectivity index (χ2n) is 3.90. The van der Waals surface area contributed by atoms with Gasteiger partial charge in [0.1, 0.15) is 0 Å². The van der Waals surface area contributed by atoms with Crippen molar-refractivity contribution in [2.24, 2.45) is 10.9 Å². The fourth-order valence-electron chi connectivity index (χ4n) is 1.41. The molecule has 1 aromatic rings. The fourth-order valence-corrected chi connectivity index (χ4v) is 1.96. The van der Waals surface area contributed by atoms with E-state index in [1.54, 1.807) is 0 Å². The Kier molecular flexibility index (Phi) is 6.11. The summed E-state index contributed by atoms with van der Waals surface area (Å²) in [6, 6.07) is 1.54. The number of hydrogen-bond donors (Lipinski definition) is 3. The van der Waals surface area contributed by atoms with E-state index >= 15 is 0 Å². The molecule has 0 bridgehead atoms. The summed E-state index contributed by atoms with van der Waals surface area (Å²) in [5, 5.41) is 7.47. The highest BCUT2D eigenvalue weighted by Crippen LogP contribution is 2.05. The maximum atomic E-state index is 11.9. The van der Waals surface area contributed by atoms with Gasteiger partial charge in [0.2, 0.25) is 10.0 Å². The van der Waals surface area contributed by atoms with Crippen molar-refractivity contribution in [3.05, 3.63) is 29.6 Å². The van der Waals surface area contributed by atoms with E-state index in [-0.39, 0.29) is 31.2 Å². The Bertz CT molecular complexity index is 632. The Labute approximate surface area is 117 Å². The van der Waals surface area contributed by atoms with E-state index in [1.165, 1.54) is 18.5 Å². The SMILES string of the molecule is NCC#Cc1cnccc1C(=O)NCCCS(N)(=O)=O. The van der Waals surface area contributed by atoms with Crippen molar-refractivity contribution in [1.82, 2.24) is 10.3 Å². The Morgan fingerprint density at radius 3 is 2.85 bits per heavy atom. The molecule has 5 N–H and O–H groups in total. The van der Waals surface area contributed by atoms with Gasteiger partial charge in [0.15, 0.2) is 0 Å². The van der Waals surface area contributed by atoms with Crippen LogP contribution in [0.3, 0.4) is 0 Å². The van der Waals surface area contributed by atoms with E-state index in [0.29, 0.717) is 11.1 Å². The van der Waals surface area contributed by atoms with E-state index in [9.17, 15) is 13.2 Å². The van der Waals surface area contributed by atoms with Crippen LogP contribution in [-0.2, 0) is 10.0 Å². The van der Waals surface area contributed by atoms with Gasteiger partial charge in [-0.1, -0.05) is 11.8 Å². The van der Waals surface area contributed by atoms with Crippen LogP contribution < -0.4 is 16.2 Å². The zero-order valence-corrected chi connectivity index (χ0v) is 11.6. The number of aromatic nitrogens is 1. The fraction of sp³-hybridized carbons (Fsp3) is 0.333. The van der Waals surface area contributed by atoms with Crippen molar-refractivity contribution in [3.8, 4) is 11.8 Å². The number of nitrogens with two attached hydrogens (primary N) is 2. The Hall–Kier alpha value is -1.95. The maximum Gasteiger partial charge on any atom is 0.252 e. The highest BCUT2D eigenvalue weighted by atomic mass is 32.2. The van der Waals surface area contributed by atoms with Gasteiger partial charge in [-0.15, -0.1) is 0 Å². The molecule has 0 aromatic carbocycles. The summed E-state index contributed by atoms with van der Waals surface area (Å²) in [5.41, 5.74) is 6.12. The van der Waals surface area contributed by atoms with Crippen molar-refractivity contribution < 1.29 is 13.2 Å². The molecule has 0 fully saturated rings. The highest BCUT2D eigenvalue weighted by molar-refractivity contribution is 7.89. The van der Waals surface area contributed by atoms with Crippen molar-refractivity contribution in [2.75, 3.05) is 18.8 Å². The van der Waals surface area contributed by atoms with Crippen molar-refractivity contribution in [1.29, 1.82) is 0 Å². The molecule has 7 nitrogen and oxygen atoms in total. The zero-order valence-electron chi connectivity index (χ0n) is 10.8. The van der Waals surface area contributed by atoms with Gasteiger partial charge in [-0.3, -0.25) is 9.78 Å². The minimum atomic E-state index is -3.50. The summed E-state index contributed by atoms with van der Waals surface area (Å²) >= 11 is 0. The monoisotopic (exact) mass is 296 g/mol. The quantitative estimate of drug-likeness (QED) is 0.464. The van der Waals surface area contributed by atoms with Crippen molar-refractivity contribution in [3.63, 3.8) is 0 Å². The Morgan fingerprint density at radius 1 is 1.45 bits per heavy atom. The number of nitrogens with one attached hydrogen (secondary N) is 1. The second-order valence-corrected chi connectivity index (χ2v) is 5.64. The van der Waals surface area contributed by atoms with Gasteiger partial charge in [0.05, 0.1) is 23.4 Å². The summed E-state index contributed by atoms with van der Waals surface area (Å²) in [6.45, 7) is 0.395. The normalized spacial score (nSPS) is 10.5. The van der Waals surface area contributed by atoms with Crippen LogP contribution in [0, 0.1) is 11.8 Å². The largest absolute Gasteiger partial charge is 0.352 e. The second kappa shape index (κ2) is 7.59. The summed E-state index contributed by atoms with van der Waals surface area (Å²) in [6.07, 6.45) is 3.20. The lowest BCUT2D eigenvalue weighted by molar-refractivity contribution is 0.0953. The molecular weight excluding hydrogens is 280 g/mol. The number of carbonyl (C=O) groups is 1. The van der Waals surface area contributed by atoms with Crippen molar-refractivity contribution in [2.45, 2.75) is 6.42 Å². The number of hydrogen-bond acceptors (Lipinski definition) is 5. The number of sulfonamides is 1. The average molecular weight is 296 g/mol. The topological polar surface area (TPSA) is 128 Å². The average Bonchev–Trinajstić information content (AvgIpc) is 2.40. The predicted molar refractivity (Wildman–Crippen MR) is 75.1 cm³/mol. The summed E-state index contributed by atoms with van der Waals surface area (Å²) in [5.74, 6) is 4.88. The lowest BCUT2D eigenvalue weighted by Crippen LogP contribution is -2.27. The third-order valence-corrected chi connectivity index (χ3v) is 3.14. The van der Waals surface area contributed by atoms with Gasteiger partial charge in [-0.05, 0) is 12.5 Å². The zero-order chi connectivity index (χ0) is 15.0. The molecule has 108 valence electrons. The molecule has 1 heterocycles. The molecule has 0 saturated carbocycles. The minimum absolute atomic E-state index is 0.177. The first-order valence-corrected chi connectivity index (χ1v) is 7.57. The molecule has 0 aliphatic heterocycles. The number of primary sulfonamides is 1. The lowest BCUT2D eigenvalue weighted by atomic mass is 10.1. The molecule has 1 aromatic heterocycles. The molecule has 8 heteroatoms. The van der Waals surface area contributed by atoms with Crippen LogP contribution in [-0.4, -0.2) is 38.2 Å². The number of rotatable bonds is 5. The first-order chi connectivity index (χ1) is 9.44. The molecule has 0 atom stereocenters. The molecule has 0 aliphatic rings.